The molecule has 0 aliphatic carbocycles. The van der Waals surface area contributed by atoms with Crippen molar-refractivity contribution < 1.29 is 14.3 Å². The Bertz CT molecular complexity index is 397. The predicted molar refractivity (Wildman–Crippen MR) is 66.0 cm³/mol. The van der Waals surface area contributed by atoms with Crippen LogP contribution in [0.5, 0.6) is 0 Å². The number of aryl methyl sites for hydroxylation is 2. The maximum absolute atomic E-state index is 12.1. The highest BCUT2D eigenvalue weighted by Gasteiger charge is 2.25. The normalized spacial score (nSPS) is 14.4. The number of nitrogens with one attached hydrogen (secondary N) is 1. The minimum absolute atomic E-state index is 0.0635. The van der Waals surface area contributed by atoms with E-state index >= 15 is 0 Å². The highest BCUT2D eigenvalue weighted by molar-refractivity contribution is 5.95. The topological polar surface area (TPSA) is 62.5 Å². The summed E-state index contributed by atoms with van der Waals surface area (Å²) >= 11 is 0. The molecule has 17 heavy (non-hydrogen) atoms. The number of rotatable bonds is 5. The predicted octanol–water partition coefficient (Wildman–Crippen LogP) is 2.18. The van der Waals surface area contributed by atoms with Gasteiger partial charge in [-0.2, -0.15) is 0 Å². The number of carbonyl (C=O) groups excluding carboxylic acids is 1. The quantitative estimate of drug-likeness (QED) is 0.827. The van der Waals surface area contributed by atoms with E-state index in [0.29, 0.717) is 17.7 Å². The van der Waals surface area contributed by atoms with E-state index in [1.54, 1.807) is 13.0 Å². The molecule has 96 valence electrons. The minimum atomic E-state index is -0.372. The van der Waals surface area contributed by atoms with Gasteiger partial charge in [0.15, 0.2) is 0 Å². The van der Waals surface area contributed by atoms with Gasteiger partial charge in [0.1, 0.15) is 11.5 Å². The molecule has 2 N–H and O–H groups in total. The van der Waals surface area contributed by atoms with Crippen molar-refractivity contribution in [1.29, 1.82) is 0 Å². The van der Waals surface area contributed by atoms with Gasteiger partial charge in [-0.05, 0) is 39.7 Å². The molecule has 1 unspecified atom stereocenters. The minimum Gasteiger partial charge on any atom is -0.466 e. The van der Waals surface area contributed by atoms with Crippen molar-refractivity contribution in [3.63, 3.8) is 0 Å². The molecule has 1 rings (SSSR count). The summed E-state index contributed by atoms with van der Waals surface area (Å²) in [6.07, 6.45) is 1.32. The molecule has 1 aromatic rings. The molecule has 0 saturated carbocycles. The lowest BCUT2D eigenvalue weighted by molar-refractivity contribution is 0.0884. The fourth-order valence-corrected chi connectivity index (χ4v) is 1.77. The van der Waals surface area contributed by atoms with E-state index in [-0.39, 0.29) is 18.1 Å². The summed E-state index contributed by atoms with van der Waals surface area (Å²) in [6.45, 7) is 7.58. The van der Waals surface area contributed by atoms with Gasteiger partial charge in [-0.3, -0.25) is 4.79 Å². The monoisotopic (exact) mass is 239 g/mol. The lowest BCUT2D eigenvalue weighted by Gasteiger charge is -2.28. The van der Waals surface area contributed by atoms with Crippen molar-refractivity contribution in [3.05, 3.63) is 23.2 Å². The van der Waals surface area contributed by atoms with Crippen molar-refractivity contribution in [2.45, 2.75) is 46.1 Å². The molecular formula is C13H21NO3. The van der Waals surface area contributed by atoms with Crippen molar-refractivity contribution in [1.82, 2.24) is 5.32 Å². The van der Waals surface area contributed by atoms with Crippen LogP contribution < -0.4 is 5.32 Å². The summed E-state index contributed by atoms with van der Waals surface area (Å²) in [5, 5.41) is 12.0. The molecule has 0 aromatic carbocycles. The fourth-order valence-electron chi connectivity index (χ4n) is 1.77. The van der Waals surface area contributed by atoms with Crippen molar-refractivity contribution in [2.24, 2.45) is 0 Å². The van der Waals surface area contributed by atoms with Gasteiger partial charge in [0.2, 0.25) is 0 Å². The van der Waals surface area contributed by atoms with Crippen LogP contribution in [-0.4, -0.2) is 23.2 Å². The van der Waals surface area contributed by atoms with Gasteiger partial charge in [-0.1, -0.05) is 6.92 Å². The van der Waals surface area contributed by atoms with E-state index in [4.69, 9.17) is 9.52 Å². The van der Waals surface area contributed by atoms with E-state index in [1.165, 1.54) is 0 Å². The average molecular weight is 239 g/mol. The van der Waals surface area contributed by atoms with Crippen molar-refractivity contribution >= 4 is 5.91 Å². The van der Waals surface area contributed by atoms with Gasteiger partial charge in [-0.15, -0.1) is 0 Å². The van der Waals surface area contributed by atoms with Crippen LogP contribution in [0.3, 0.4) is 0 Å². The first-order chi connectivity index (χ1) is 7.91. The molecular weight excluding hydrogens is 218 g/mol. The van der Waals surface area contributed by atoms with Crippen LogP contribution in [0.1, 0.15) is 48.6 Å². The van der Waals surface area contributed by atoms with Crippen LogP contribution in [0, 0.1) is 13.8 Å². The second-order valence-corrected chi connectivity index (χ2v) is 4.67. The van der Waals surface area contributed by atoms with E-state index in [1.807, 2.05) is 20.8 Å². The van der Waals surface area contributed by atoms with E-state index in [2.05, 4.69) is 5.32 Å². The van der Waals surface area contributed by atoms with Gasteiger partial charge in [0, 0.05) is 12.1 Å². The zero-order valence-electron chi connectivity index (χ0n) is 11.0. The first kappa shape index (κ1) is 13.8. The molecule has 0 radical (unpaired) electrons. The Morgan fingerprint density at radius 1 is 1.53 bits per heavy atom. The zero-order chi connectivity index (χ0) is 13.1. The Hall–Kier alpha value is -1.29. The number of hydrogen-bond donors (Lipinski definition) is 2. The van der Waals surface area contributed by atoms with Gasteiger partial charge >= 0.3 is 0 Å². The Kier molecular flexibility index (Phi) is 4.34. The number of aliphatic hydroxyl groups is 1. The fraction of sp³-hybridized carbons (Fsp3) is 0.615. The molecule has 1 aromatic heterocycles. The highest BCUT2D eigenvalue weighted by Crippen LogP contribution is 2.18. The molecule has 0 saturated heterocycles. The van der Waals surface area contributed by atoms with Gasteiger partial charge in [0.05, 0.1) is 5.56 Å². The summed E-state index contributed by atoms with van der Waals surface area (Å²) in [6, 6.07) is 1.74. The Balaban J connectivity index is 2.81. The molecule has 4 nitrogen and oxygen atoms in total. The maximum atomic E-state index is 12.1. The van der Waals surface area contributed by atoms with Gasteiger partial charge in [0.25, 0.3) is 5.91 Å². The molecule has 0 bridgehead atoms. The summed E-state index contributed by atoms with van der Waals surface area (Å²) in [5.74, 6) is 1.22. The van der Waals surface area contributed by atoms with Crippen LogP contribution in [0.4, 0.5) is 0 Å². The third-order valence-electron chi connectivity index (χ3n) is 3.14. The van der Waals surface area contributed by atoms with Crippen LogP contribution in [0.15, 0.2) is 10.5 Å². The van der Waals surface area contributed by atoms with E-state index in [0.717, 1.165) is 12.2 Å². The van der Waals surface area contributed by atoms with Crippen LogP contribution in [0.25, 0.3) is 0 Å². The molecule has 0 fully saturated rings. The number of aliphatic hydroxyl groups excluding tert-OH is 1. The standard InChI is InChI=1S/C13H21NO3/c1-5-13(4,6-7-15)14-12(16)11-8-9(2)17-10(11)3/h8,15H,5-7H2,1-4H3,(H,14,16). The molecule has 1 heterocycles. The van der Waals surface area contributed by atoms with Crippen molar-refractivity contribution in [3.8, 4) is 0 Å². The molecule has 1 amide bonds. The highest BCUT2D eigenvalue weighted by atomic mass is 16.3. The van der Waals surface area contributed by atoms with E-state index in [9.17, 15) is 4.79 Å². The molecule has 0 aliphatic heterocycles. The number of carbonyl (C=O) groups is 1. The third kappa shape index (κ3) is 3.33. The first-order valence-corrected chi connectivity index (χ1v) is 5.92. The number of furan rings is 1. The zero-order valence-corrected chi connectivity index (χ0v) is 11.0. The summed E-state index contributed by atoms with van der Waals surface area (Å²) < 4.78 is 5.33. The smallest absolute Gasteiger partial charge is 0.255 e. The lowest BCUT2D eigenvalue weighted by Crippen LogP contribution is -2.46. The Morgan fingerprint density at radius 3 is 2.59 bits per heavy atom. The Labute approximate surface area is 102 Å². The summed E-state index contributed by atoms with van der Waals surface area (Å²) in [7, 11) is 0. The molecule has 4 heteroatoms. The molecule has 0 spiro atoms. The molecule has 0 aliphatic rings. The summed E-state index contributed by atoms with van der Waals surface area (Å²) in [5.41, 5.74) is 0.198. The first-order valence-electron chi connectivity index (χ1n) is 5.92. The van der Waals surface area contributed by atoms with E-state index < -0.39 is 0 Å². The molecule has 1 atom stereocenters. The van der Waals surface area contributed by atoms with Gasteiger partial charge < -0.3 is 14.8 Å². The van der Waals surface area contributed by atoms with Crippen LogP contribution in [-0.2, 0) is 0 Å². The second kappa shape index (κ2) is 5.36. The average Bonchev–Trinajstić information content (AvgIpc) is 2.58. The van der Waals surface area contributed by atoms with Crippen LogP contribution >= 0.6 is 0 Å². The SMILES string of the molecule is CCC(C)(CCO)NC(=O)c1cc(C)oc1C. The largest absolute Gasteiger partial charge is 0.466 e. The lowest BCUT2D eigenvalue weighted by atomic mass is 9.94. The number of hydrogen-bond acceptors (Lipinski definition) is 3. The van der Waals surface area contributed by atoms with Crippen molar-refractivity contribution in [2.75, 3.05) is 6.61 Å². The maximum Gasteiger partial charge on any atom is 0.255 e. The van der Waals surface area contributed by atoms with Crippen LogP contribution in [0.2, 0.25) is 0 Å². The Morgan fingerprint density at radius 2 is 2.18 bits per heavy atom. The second-order valence-electron chi connectivity index (χ2n) is 4.67. The third-order valence-corrected chi connectivity index (χ3v) is 3.14. The van der Waals surface area contributed by atoms with Gasteiger partial charge in [-0.25, -0.2) is 0 Å². The summed E-state index contributed by atoms with van der Waals surface area (Å²) in [4.78, 5) is 12.1. The number of amides is 1.